The minimum absolute atomic E-state index is 1.15. The highest BCUT2D eigenvalue weighted by molar-refractivity contribution is 9.10. The van der Waals surface area contributed by atoms with Crippen LogP contribution in [0.2, 0.25) is 0 Å². The molecule has 0 radical (unpaired) electrons. The number of hydrogen-bond donors (Lipinski definition) is 2. The van der Waals surface area contributed by atoms with E-state index in [4.69, 9.17) is 0 Å². The van der Waals surface area contributed by atoms with Gasteiger partial charge in [0.2, 0.25) is 0 Å². The fourth-order valence-electron chi connectivity index (χ4n) is 3.48. The minimum atomic E-state index is 1.15. The highest BCUT2D eigenvalue weighted by atomic mass is 79.9. The lowest BCUT2D eigenvalue weighted by Crippen LogP contribution is -3.27. The zero-order valence-electron chi connectivity index (χ0n) is 13.7. The van der Waals surface area contributed by atoms with Gasteiger partial charge in [-0.1, -0.05) is 64.5 Å². The molecule has 3 heteroatoms. The van der Waals surface area contributed by atoms with Crippen LogP contribution in [0.5, 0.6) is 0 Å². The molecule has 2 aromatic rings. The van der Waals surface area contributed by atoms with Crippen molar-refractivity contribution in [2.75, 3.05) is 32.7 Å². The normalized spacial score (nSPS) is 21.3. The van der Waals surface area contributed by atoms with Crippen molar-refractivity contribution < 1.29 is 9.80 Å². The van der Waals surface area contributed by atoms with Crippen LogP contribution < -0.4 is 9.80 Å². The Morgan fingerprint density at radius 2 is 1.43 bits per heavy atom. The second kappa shape index (κ2) is 8.62. The summed E-state index contributed by atoms with van der Waals surface area (Å²) in [5.74, 6) is 0. The summed E-state index contributed by atoms with van der Waals surface area (Å²) in [5, 5.41) is 0. The van der Waals surface area contributed by atoms with Gasteiger partial charge in [0.05, 0.1) is 6.54 Å². The molecule has 1 aliphatic rings. The third-order valence-corrected chi connectivity index (χ3v) is 5.67. The van der Waals surface area contributed by atoms with E-state index in [0.717, 1.165) is 6.54 Å². The van der Waals surface area contributed by atoms with E-state index in [-0.39, 0.29) is 0 Å². The average Bonchev–Trinajstić information content (AvgIpc) is 2.59. The van der Waals surface area contributed by atoms with Gasteiger partial charge in [0, 0.05) is 16.5 Å². The van der Waals surface area contributed by atoms with Crippen molar-refractivity contribution >= 4 is 15.9 Å². The van der Waals surface area contributed by atoms with Crippen LogP contribution in [-0.2, 0) is 13.0 Å². The first-order valence-electron chi connectivity index (χ1n) is 8.76. The maximum absolute atomic E-state index is 3.67. The number of benzene rings is 2. The second-order valence-electron chi connectivity index (χ2n) is 6.61. The average molecular weight is 375 g/mol. The molecule has 1 saturated heterocycles. The molecular formula is C20H27BrN2+2. The van der Waals surface area contributed by atoms with Gasteiger partial charge in [0.15, 0.2) is 0 Å². The van der Waals surface area contributed by atoms with Crippen LogP contribution in [0.1, 0.15) is 17.5 Å². The molecule has 0 saturated carbocycles. The maximum atomic E-state index is 3.67. The highest BCUT2D eigenvalue weighted by Gasteiger charge is 2.22. The molecule has 1 aliphatic heterocycles. The molecular weight excluding hydrogens is 348 g/mol. The van der Waals surface area contributed by atoms with Crippen LogP contribution in [0.15, 0.2) is 59.1 Å². The van der Waals surface area contributed by atoms with Gasteiger partial charge in [0.25, 0.3) is 0 Å². The van der Waals surface area contributed by atoms with E-state index in [1.165, 1.54) is 61.2 Å². The summed E-state index contributed by atoms with van der Waals surface area (Å²) in [4.78, 5) is 3.51. The fraction of sp³-hybridized carbons (Fsp3) is 0.400. The first-order valence-corrected chi connectivity index (χ1v) is 9.55. The number of hydrogen-bond acceptors (Lipinski definition) is 0. The molecule has 0 aromatic heterocycles. The summed E-state index contributed by atoms with van der Waals surface area (Å²) in [7, 11) is 0. The van der Waals surface area contributed by atoms with Crippen molar-refractivity contribution in [3.63, 3.8) is 0 Å². The van der Waals surface area contributed by atoms with Crippen LogP contribution in [-0.4, -0.2) is 32.7 Å². The summed E-state index contributed by atoms with van der Waals surface area (Å²) in [6, 6.07) is 19.5. The largest absolute Gasteiger partial charge is 0.326 e. The number of nitrogens with one attached hydrogen (secondary N) is 2. The van der Waals surface area contributed by atoms with Crippen molar-refractivity contribution in [1.29, 1.82) is 0 Å². The maximum Gasteiger partial charge on any atom is 0.127 e. The summed E-state index contributed by atoms with van der Waals surface area (Å²) in [6.45, 7) is 7.68. The third kappa shape index (κ3) is 5.17. The van der Waals surface area contributed by atoms with Crippen LogP contribution >= 0.6 is 15.9 Å². The molecule has 23 heavy (non-hydrogen) atoms. The Morgan fingerprint density at radius 3 is 2.17 bits per heavy atom. The Labute approximate surface area is 148 Å². The van der Waals surface area contributed by atoms with Crippen LogP contribution in [0.4, 0.5) is 0 Å². The van der Waals surface area contributed by atoms with Gasteiger partial charge < -0.3 is 9.80 Å². The molecule has 0 atom stereocenters. The molecule has 2 aromatic carbocycles. The van der Waals surface area contributed by atoms with Crippen molar-refractivity contribution in [3.05, 3.63) is 70.2 Å². The molecule has 0 aliphatic carbocycles. The predicted molar refractivity (Wildman–Crippen MR) is 98.9 cm³/mol. The molecule has 1 fully saturated rings. The van der Waals surface area contributed by atoms with E-state index in [0.29, 0.717) is 0 Å². The first kappa shape index (κ1) is 16.7. The van der Waals surface area contributed by atoms with E-state index in [2.05, 4.69) is 70.5 Å². The molecule has 1 heterocycles. The number of quaternary nitrogens is 2. The Balaban J connectivity index is 1.38. The lowest BCUT2D eigenvalue weighted by atomic mass is 10.1. The number of piperazine rings is 1. The van der Waals surface area contributed by atoms with Crippen molar-refractivity contribution in [1.82, 2.24) is 0 Å². The topological polar surface area (TPSA) is 8.88 Å². The van der Waals surface area contributed by atoms with Crippen molar-refractivity contribution in [3.8, 4) is 0 Å². The second-order valence-corrected chi connectivity index (χ2v) is 7.46. The molecule has 0 spiro atoms. The number of aryl methyl sites for hydroxylation is 1. The Hall–Kier alpha value is -1.16. The predicted octanol–water partition coefficient (Wildman–Crippen LogP) is 1.37. The van der Waals surface area contributed by atoms with Gasteiger partial charge in [-0.3, -0.25) is 0 Å². The third-order valence-electron chi connectivity index (χ3n) is 4.90. The smallest absolute Gasteiger partial charge is 0.127 e. The van der Waals surface area contributed by atoms with Gasteiger partial charge in [-0.15, -0.1) is 0 Å². The molecule has 2 N–H and O–H groups in total. The molecule has 0 unspecified atom stereocenters. The molecule has 0 amide bonds. The highest BCUT2D eigenvalue weighted by Crippen LogP contribution is 2.14. The summed E-state index contributed by atoms with van der Waals surface area (Å²) >= 11 is 3.67. The molecule has 122 valence electrons. The Kier molecular flexibility index (Phi) is 6.26. The van der Waals surface area contributed by atoms with E-state index < -0.39 is 0 Å². The molecule has 3 rings (SSSR count). The van der Waals surface area contributed by atoms with Gasteiger partial charge in [-0.25, -0.2) is 0 Å². The van der Waals surface area contributed by atoms with E-state index in [1.807, 2.05) is 0 Å². The lowest BCUT2D eigenvalue weighted by molar-refractivity contribution is -1.02. The monoisotopic (exact) mass is 374 g/mol. The molecule has 0 bridgehead atoms. The number of rotatable bonds is 6. The Morgan fingerprint density at radius 1 is 0.783 bits per heavy atom. The van der Waals surface area contributed by atoms with E-state index in [9.17, 15) is 0 Å². The standard InChI is InChI=1S/C20H25BrN2/c21-20-11-5-4-10-19(20)17-23-15-13-22(14-16-23)12-6-9-18-7-2-1-3-8-18/h1-5,7-8,10-11H,6,9,12-17H2/p+2. The van der Waals surface area contributed by atoms with Gasteiger partial charge >= 0.3 is 0 Å². The summed E-state index contributed by atoms with van der Waals surface area (Å²) in [5.41, 5.74) is 2.92. The zero-order chi connectivity index (χ0) is 15.9. The van der Waals surface area contributed by atoms with Crippen LogP contribution in [0.25, 0.3) is 0 Å². The quantitative estimate of drug-likeness (QED) is 0.755. The minimum Gasteiger partial charge on any atom is -0.326 e. The molecule has 2 nitrogen and oxygen atoms in total. The summed E-state index contributed by atoms with van der Waals surface area (Å²) < 4.78 is 1.25. The fourth-order valence-corrected chi connectivity index (χ4v) is 3.91. The first-order chi connectivity index (χ1) is 11.3. The Bertz CT molecular complexity index is 592. The number of halogens is 1. The van der Waals surface area contributed by atoms with Crippen molar-refractivity contribution in [2.45, 2.75) is 19.4 Å². The van der Waals surface area contributed by atoms with Gasteiger partial charge in [-0.05, 0) is 18.1 Å². The SMILES string of the molecule is Brc1ccccc1C[NH+]1CC[NH+](CCCc2ccccc2)CC1. The zero-order valence-corrected chi connectivity index (χ0v) is 15.3. The van der Waals surface area contributed by atoms with E-state index >= 15 is 0 Å². The van der Waals surface area contributed by atoms with Crippen LogP contribution in [0, 0.1) is 0 Å². The lowest BCUT2D eigenvalue weighted by Gasteiger charge is -2.30. The van der Waals surface area contributed by atoms with Gasteiger partial charge in [-0.2, -0.15) is 0 Å². The van der Waals surface area contributed by atoms with E-state index in [1.54, 1.807) is 9.80 Å². The van der Waals surface area contributed by atoms with Crippen LogP contribution in [0.3, 0.4) is 0 Å². The van der Waals surface area contributed by atoms with Crippen molar-refractivity contribution in [2.24, 2.45) is 0 Å². The summed E-state index contributed by atoms with van der Waals surface area (Å²) in [6.07, 6.45) is 2.52. The van der Waals surface area contributed by atoms with Gasteiger partial charge in [0.1, 0.15) is 32.7 Å².